The molecule has 2 N–H and O–H groups in total. The van der Waals surface area contributed by atoms with Crippen LogP contribution >= 0.6 is 0 Å². The van der Waals surface area contributed by atoms with Crippen LogP contribution in [-0.4, -0.2) is 11.0 Å². The fourth-order valence-electron chi connectivity index (χ4n) is 5.05. The second kappa shape index (κ2) is 16.3. The number of allylic oxidation sites excluding steroid dienone is 4. The van der Waals surface area contributed by atoms with E-state index >= 15 is 0 Å². The average Bonchev–Trinajstić information content (AvgIpc) is 3.12. The lowest BCUT2D eigenvalue weighted by molar-refractivity contribution is 0.614. The van der Waals surface area contributed by atoms with E-state index in [4.69, 9.17) is 10.7 Å². The lowest BCUT2D eigenvalue weighted by Gasteiger charge is -2.20. The van der Waals surface area contributed by atoms with E-state index in [0.29, 0.717) is 12.0 Å². The number of unbranched alkanes of at least 4 members (excludes halogenated alkanes) is 2. The highest BCUT2D eigenvalue weighted by Crippen LogP contribution is 2.31. The Balaban J connectivity index is 0.000000651. The Bertz CT molecular complexity index is 1230. The third kappa shape index (κ3) is 8.67. The molecule has 1 aromatic heterocycles. The number of nitrogens with two attached hydrogens (primary N) is 1. The lowest BCUT2D eigenvalue weighted by atomic mass is 9.86. The topological polar surface area (TPSA) is 38.9 Å². The van der Waals surface area contributed by atoms with Crippen molar-refractivity contribution >= 4 is 28.9 Å². The van der Waals surface area contributed by atoms with Crippen molar-refractivity contribution in [2.45, 2.75) is 106 Å². The monoisotopic (exact) mass is 512 g/mol. The van der Waals surface area contributed by atoms with Gasteiger partial charge in [0, 0.05) is 17.3 Å². The number of aryl methyl sites for hydroxylation is 1. The molecule has 0 amide bonds. The largest absolute Gasteiger partial charge is 0.327 e. The average molecular weight is 513 g/mol. The van der Waals surface area contributed by atoms with Crippen LogP contribution in [0.15, 0.2) is 49.1 Å². The third-order valence-electron chi connectivity index (χ3n) is 7.30. The number of fused-ring (bicyclic) bond motifs is 1. The predicted octanol–water partition coefficient (Wildman–Crippen LogP) is 8.61. The molecule has 2 aliphatic carbocycles. The molecule has 206 valence electrons. The Morgan fingerprint density at radius 2 is 1.76 bits per heavy atom. The number of nitrogens with zero attached hydrogens (tertiary/aromatic N) is 1. The zero-order valence-corrected chi connectivity index (χ0v) is 25.2. The molecule has 4 rings (SSSR count). The minimum Gasteiger partial charge on any atom is -0.327 e. The predicted molar refractivity (Wildman–Crippen MR) is 171 cm³/mol. The van der Waals surface area contributed by atoms with Crippen molar-refractivity contribution in [1.29, 1.82) is 0 Å². The van der Waals surface area contributed by atoms with E-state index in [2.05, 4.69) is 82.8 Å². The highest BCUT2D eigenvalue weighted by molar-refractivity contribution is 6.03. The van der Waals surface area contributed by atoms with E-state index < -0.39 is 0 Å². The molecule has 2 nitrogen and oxygen atoms in total. The Hall–Kier alpha value is -2.71. The molecule has 0 radical (unpaired) electrons. The van der Waals surface area contributed by atoms with Crippen molar-refractivity contribution in [2.24, 2.45) is 11.7 Å². The summed E-state index contributed by atoms with van der Waals surface area (Å²) in [4.78, 5) is 4.72. The summed E-state index contributed by atoms with van der Waals surface area (Å²) in [5.74, 6) is 0.671. The minimum atomic E-state index is 0.291. The maximum absolute atomic E-state index is 6.19. The van der Waals surface area contributed by atoms with E-state index in [1.807, 2.05) is 26.8 Å². The molecule has 2 aliphatic rings. The molecule has 38 heavy (non-hydrogen) atoms. The maximum Gasteiger partial charge on any atom is 0.0705 e. The fraction of sp³-hybridized carbons (Fsp3) is 0.472. The van der Waals surface area contributed by atoms with E-state index in [1.165, 1.54) is 46.4 Å². The number of pyridine rings is 1. The summed E-state index contributed by atoms with van der Waals surface area (Å²) >= 11 is 0. The van der Waals surface area contributed by atoms with Crippen molar-refractivity contribution in [1.82, 2.24) is 4.98 Å². The molecule has 2 unspecified atom stereocenters. The van der Waals surface area contributed by atoms with Crippen LogP contribution in [0.2, 0.25) is 0 Å². The van der Waals surface area contributed by atoms with Gasteiger partial charge in [-0.3, -0.25) is 4.98 Å². The first-order valence-electron chi connectivity index (χ1n) is 15.0. The van der Waals surface area contributed by atoms with E-state index in [9.17, 15) is 0 Å². The van der Waals surface area contributed by atoms with Gasteiger partial charge in [-0.15, -0.1) is 0 Å². The molecule has 0 fully saturated rings. The van der Waals surface area contributed by atoms with Gasteiger partial charge in [0.25, 0.3) is 0 Å². The Morgan fingerprint density at radius 1 is 1.05 bits per heavy atom. The van der Waals surface area contributed by atoms with Gasteiger partial charge in [-0.05, 0) is 109 Å². The van der Waals surface area contributed by atoms with E-state index in [1.54, 1.807) is 0 Å². The summed E-state index contributed by atoms with van der Waals surface area (Å²) in [5.41, 5.74) is 14.3. The van der Waals surface area contributed by atoms with Crippen LogP contribution < -0.4 is 16.2 Å². The first kappa shape index (κ1) is 31.5. The molecule has 1 aromatic carbocycles. The van der Waals surface area contributed by atoms with Crippen molar-refractivity contribution in [3.63, 3.8) is 0 Å². The van der Waals surface area contributed by atoms with E-state index in [-0.39, 0.29) is 0 Å². The number of hydrogen-bond acceptors (Lipinski definition) is 2. The Labute approximate surface area is 233 Å². The molecule has 0 spiro atoms. The quantitative estimate of drug-likeness (QED) is 0.393. The van der Waals surface area contributed by atoms with E-state index in [0.717, 1.165) is 54.6 Å². The zero-order valence-electron chi connectivity index (χ0n) is 25.2. The summed E-state index contributed by atoms with van der Waals surface area (Å²) in [6, 6.07) is 11.1. The Morgan fingerprint density at radius 3 is 2.34 bits per heavy atom. The van der Waals surface area contributed by atoms with Gasteiger partial charge >= 0.3 is 0 Å². The molecule has 0 saturated heterocycles. The summed E-state index contributed by atoms with van der Waals surface area (Å²) in [6.45, 7) is 19.3. The standard InChI is InChI=1S/C29H34N2.C5H12.C2H6/c1-5-26(21(4)29-8-6-7-20(3)31-29)24-17-23-11-9-19(2)10-16-27(23)28(18-24)22-12-14-25(30)15-13-22;1-3-5-4-2;1-2/h5-8,11-12,16-19,25H,4,9-10,13-15,30H2,1-3H3;3-5H2,1-2H3;1-2H3/b26-5+;;. The number of aromatic nitrogens is 1. The molecule has 0 saturated carbocycles. The van der Waals surface area contributed by atoms with Crippen molar-refractivity contribution in [3.8, 4) is 0 Å². The van der Waals surface area contributed by atoms with Crippen molar-refractivity contribution in [2.75, 3.05) is 0 Å². The summed E-state index contributed by atoms with van der Waals surface area (Å²) in [5, 5.41) is 2.74. The highest BCUT2D eigenvalue weighted by atomic mass is 14.7. The second-order valence-corrected chi connectivity index (χ2v) is 10.5. The molecule has 2 aromatic rings. The van der Waals surface area contributed by atoms with Crippen LogP contribution in [0.25, 0.3) is 28.9 Å². The normalized spacial score (nSPS) is 18.6. The van der Waals surface area contributed by atoms with Gasteiger partial charge in [0.05, 0.1) is 5.69 Å². The summed E-state index contributed by atoms with van der Waals surface area (Å²) < 4.78 is 0. The van der Waals surface area contributed by atoms with Gasteiger partial charge in [-0.25, -0.2) is 0 Å². The first-order chi connectivity index (χ1) is 18.4. The first-order valence-corrected chi connectivity index (χ1v) is 15.0. The van der Waals surface area contributed by atoms with Gasteiger partial charge in [0.1, 0.15) is 0 Å². The number of benzene rings is 1. The second-order valence-electron chi connectivity index (χ2n) is 10.5. The summed E-state index contributed by atoms with van der Waals surface area (Å²) in [6.07, 6.45) is 18.8. The molecular weight excluding hydrogens is 460 g/mol. The van der Waals surface area contributed by atoms with Crippen molar-refractivity contribution in [3.05, 3.63) is 82.0 Å². The molecule has 2 heteroatoms. The van der Waals surface area contributed by atoms with Crippen LogP contribution in [-0.2, 0) is 0 Å². The molecule has 0 aliphatic heterocycles. The van der Waals surface area contributed by atoms with Gasteiger partial charge in [-0.1, -0.05) is 90.8 Å². The number of hydrogen-bond donors (Lipinski definition) is 1. The smallest absolute Gasteiger partial charge is 0.0705 e. The van der Waals surface area contributed by atoms with Gasteiger partial charge < -0.3 is 5.73 Å². The third-order valence-corrected chi connectivity index (χ3v) is 7.30. The maximum atomic E-state index is 6.19. The van der Waals surface area contributed by atoms with Crippen LogP contribution in [0, 0.1) is 12.8 Å². The Kier molecular flexibility index (Phi) is 13.5. The highest BCUT2D eigenvalue weighted by Gasteiger charge is 2.17. The fourth-order valence-corrected chi connectivity index (χ4v) is 5.05. The van der Waals surface area contributed by atoms with Gasteiger partial charge in [-0.2, -0.15) is 0 Å². The zero-order chi connectivity index (χ0) is 28.1. The molecule has 1 heterocycles. The minimum absolute atomic E-state index is 0.291. The molecular formula is C36H52N2. The van der Waals surface area contributed by atoms with Crippen LogP contribution in [0.5, 0.6) is 0 Å². The van der Waals surface area contributed by atoms with Crippen molar-refractivity contribution < 1.29 is 0 Å². The number of rotatable bonds is 6. The lowest BCUT2D eigenvalue weighted by Crippen LogP contribution is -2.30. The molecule has 0 bridgehead atoms. The summed E-state index contributed by atoms with van der Waals surface area (Å²) in [7, 11) is 0. The SMILES string of the molecule is C=C(/C(=C\C)c1cc(C2=CCC(N)CC2)c2c(c1)=CCC(C)CC=2)c1cccc(C)n1.CC.CCCCC. The van der Waals surface area contributed by atoms with Gasteiger partial charge in [0.2, 0.25) is 0 Å². The molecule has 2 atom stereocenters. The van der Waals surface area contributed by atoms with Crippen LogP contribution in [0.3, 0.4) is 0 Å². The van der Waals surface area contributed by atoms with Crippen LogP contribution in [0.4, 0.5) is 0 Å². The van der Waals surface area contributed by atoms with Gasteiger partial charge in [0.15, 0.2) is 0 Å². The van der Waals surface area contributed by atoms with Crippen LogP contribution in [0.1, 0.15) is 115 Å².